The number of unbranched alkanes of at least 4 members (excludes halogenated alkanes) is 4. The van der Waals surface area contributed by atoms with Gasteiger partial charge in [-0.25, -0.2) is 24.7 Å². The highest BCUT2D eigenvalue weighted by Gasteiger charge is 2.78. The molecule has 6 aliphatic carbocycles. The van der Waals surface area contributed by atoms with Crippen LogP contribution in [0.5, 0.6) is 0 Å². The molecule has 2 heterocycles. The van der Waals surface area contributed by atoms with Gasteiger partial charge in [0, 0.05) is 34.6 Å². The average molecular weight is 919 g/mol. The fourth-order valence-electron chi connectivity index (χ4n) is 16.8. The number of carbonyl (C=O) groups excluding carboxylic acids is 1. The number of esters is 1. The Kier molecular flexibility index (Phi) is 11.6. The lowest BCUT2D eigenvalue weighted by Gasteiger charge is -2.48. The largest absolute Gasteiger partial charge is 0.450 e. The first-order valence-electron chi connectivity index (χ1n) is 27.2. The molecule has 0 unspecified atom stereocenters. The molecule has 0 saturated heterocycles. The Balaban J connectivity index is 1.09. The summed E-state index contributed by atoms with van der Waals surface area (Å²) in [5.74, 6) is 0.195. The number of carbonyl (C=O) groups is 1. The maximum Gasteiger partial charge on any atom is 0.339 e. The zero-order chi connectivity index (χ0) is 47.8. The molecule has 0 amide bonds. The Hall–Kier alpha value is -5.23. The molecule has 358 valence electrons. The molecule has 4 bridgehead atoms. The standard InChI is InChI=1S/C63H74N4O2/c1-8-14-26-58-30-32-59(33-31-58,27-15-9-2)62(58)50-38-42(7)18-24-48(50)52-54(62)67-53-49-25-23-45(46-40-64-56(65-41-46)43-19-21-44(22-20-43)57(68)69-47(12-5)13-6)39-51(49)63(55(53)66-52)60(28-16-10-3)34-36-61(63,37-35-60)29-17-11-4/h12-13,18-25,38-41,47H,5-6,8-11,14-17,26-37H2,1-4,7H3. The minimum absolute atomic E-state index is 0.115. The highest BCUT2D eigenvalue weighted by molar-refractivity contribution is 5.90. The van der Waals surface area contributed by atoms with E-state index < -0.39 is 12.1 Å². The summed E-state index contributed by atoms with van der Waals surface area (Å²) in [7, 11) is 0. The zero-order valence-corrected chi connectivity index (χ0v) is 42.3. The number of aryl methyl sites for hydroxylation is 1. The predicted octanol–water partition coefficient (Wildman–Crippen LogP) is 16.2. The fraction of sp³-hybridized carbons (Fsp3) is 0.508. The molecule has 5 aromatic rings. The Morgan fingerprint density at radius 3 is 1.43 bits per heavy atom. The van der Waals surface area contributed by atoms with Crippen LogP contribution in [-0.4, -0.2) is 32.0 Å². The average Bonchev–Trinajstić information content (AvgIpc) is 4.17. The van der Waals surface area contributed by atoms with Gasteiger partial charge in [-0.2, -0.15) is 0 Å². The second-order valence-electron chi connectivity index (χ2n) is 22.7. The summed E-state index contributed by atoms with van der Waals surface area (Å²) in [6, 6.07) is 22.1. The van der Waals surface area contributed by atoms with E-state index in [1.54, 1.807) is 29.8 Å². The first-order valence-corrected chi connectivity index (χ1v) is 27.2. The van der Waals surface area contributed by atoms with Crippen LogP contribution in [0.15, 0.2) is 98.4 Å². The van der Waals surface area contributed by atoms with Gasteiger partial charge in [-0.15, -0.1) is 0 Å². The molecule has 0 N–H and O–H groups in total. The lowest BCUT2D eigenvalue weighted by Crippen LogP contribution is -2.47. The Labute approximate surface area is 412 Å². The normalized spacial score (nSPS) is 28.4. The number of hydrogen-bond donors (Lipinski definition) is 0. The molecule has 69 heavy (non-hydrogen) atoms. The fourth-order valence-corrected chi connectivity index (χ4v) is 16.8. The molecule has 11 rings (SSSR count). The molecule has 0 radical (unpaired) electrons. The molecule has 0 atom stereocenters. The Morgan fingerprint density at radius 2 is 1.00 bits per heavy atom. The highest BCUT2D eigenvalue weighted by atomic mass is 16.5. The lowest BCUT2D eigenvalue weighted by molar-refractivity contribution is 0.0464. The summed E-state index contributed by atoms with van der Waals surface area (Å²) in [6.45, 7) is 19.3. The third kappa shape index (κ3) is 6.24. The molecule has 4 fully saturated rings. The molecule has 6 nitrogen and oxygen atoms in total. The van der Waals surface area contributed by atoms with Crippen LogP contribution in [0.2, 0.25) is 0 Å². The SMILES string of the molecule is C=CC(C=C)OC(=O)c1ccc(-c2ncc(-c3ccc4c(c3)C3(c5nc6c(nc5-4)C4(c5cc(C)ccc5-6)C5(CCCC)CCC4(CCCC)CC5)C4(CCCC)CCC3(CCCC)CC4)cn2)cc1. The molecular weight excluding hydrogens is 845 g/mol. The number of aromatic nitrogens is 4. The molecule has 4 saturated carbocycles. The number of nitrogens with zero attached hydrogens (tertiary/aromatic N) is 4. The van der Waals surface area contributed by atoms with Crippen LogP contribution in [0, 0.1) is 28.6 Å². The molecule has 2 spiro atoms. The highest BCUT2D eigenvalue weighted by Crippen LogP contribution is 2.83. The van der Waals surface area contributed by atoms with Gasteiger partial charge >= 0.3 is 5.97 Å². The van der Waals surface area contributed by atoms with Crippen molar-refractivity contribution in [3.05, 3.63) is 132 Å². The van der Waals surface area contributed by atoms with Crippen molar-refractivity contribution >= 4 is 5.97 Å². The molecule has 6 heteroatoms. The first-order chi connectivity index (χ1) is 33.6. The molecular formula is C63H74N4O2. The minimum atomic E-state index is -0.538. The number of benzene rings is 3. The van der Waals surface area contributed by atoms with Gasteiger partial charge in [0.2, 0.25) is 0 Å². The molecule has 3 aromatic carbocycles. The van der Waals surface area contributed by atoms with Gasteiger partial charge in [-0.05, 0) is 153 Å². The first kappa shape index (κ1) is 46.2. The summed E-state index contributed by atoms with van der Waals surface area (Å²) in [4.78, 5) is 35.5. The van der Waals surface area contributed by atoms with Gasteiger partial charge in [0.1, 0.15) is 6.10 Å². The maximum absolute atomic E-state index is 12.8. The van der Waals surface area contributed by atoms with E-state index in [0.29, 0.717) is 11.4 Å². The van der Waals surface area contributed by atoms with Crippen molar-refractivity contribution in [1.29, 1.82) is 0 Å². The van der Waals surface area contributed by atoms with Gasteiger partial charge in [0.25, 0.3) is 0 Å². The van der Waals surface area contributed by atoms with Gasteiger partial charge in [-0.3, -0.25) is 0 Å². The third-order valence-electron chi connectivity index (χ3n) is 19.7. The van der Waals surface area contributed by atoms with E-state index in [1.807, 2.05) is 24.5 Å². The van der Waals surface area contributed by atoms with Crippen LogP contribution in [0.1, 0.15) is 195 Å². The van der Waals surface area contributed by atoms with Crippen molar-refractivity contribution in [3.8, 4) is 45.0 Å². The van der Waals surface area contributed by atoms with Crippen LogP contribution in [0.3, 0.4) is 0 Å². The van der Waals surface area contributed by atoms with E-state index in [0.717, 1.165) is 16.7 Å². The second kappa shape index (κ2) is 17.3. The van der Waals surface area contributed by atoms with E-state index in [9.17, 15) is 4.79 Å². The van der Waals surface area contributed by atoms with Crippen molar-refractivity contribution in [1.82, 2.24) is 19.9 Å². The van der Waals surface area contributed by atoms with E-state index in [-0.39, 0.29) is 32.5 Å². The van der Waals surface area contributed by atoms with Crippen LogP contribution >= 0.6 is 0 Å². The van der Waals surface area contributed by atoms with Crippen molar-refractivity contribution in [2.24, 2.45) is 21.7 Å². The van der Waals surface area contributed by atoms with E-state index in [2.05, 4.69) is 84.2 Å². The summed E-state index contributed by atoms with van der Waals surface area (Å²) in [6.07, 6.45) is 31.7. The third-order valence-corrected chi connectivity index (χ3v) is 19.7. The van der Waals surface area contributed by atoms with Crippen LogP contribution < -0.4 is 0 Å². The topological polar surface area (TPSA) is 77.9 Å². The van der Waals surface area contributed by atoms with Gasteiger partial charge < -0.3 is 4.74 Å². The minimum Gasteiger partial charge on any atom is -0.450 e. The molecule has 0 aliphatic heterocycles. The van der Waals surface area contributed by atoms with Crippen molar-refractivity contribution in [2.45, 2.75) is 180 Å². The molecule has 2 aromatic heterocycles. The number of rotatable bonds is 18. The summed E-state index contributed by atoms with van der Waals surface area (Å²) in [5, 5.41) is 0. The van der Waals surface area contributed by atoms with E-state index in [4.69, 9.17) is 24.7 Å². The van der Waals surface area contributed by atoms with Gasteiger partial charge in [0.15, 0.2) is 5.82 Å². The number of fused-ring (bicyclic) bond motifs is 6. The lowest BCUT2D eigenvalue weighted by atomic mass is 9.55. The van der Waals surface area contributed by atoms with E-state index >= 15 is 0 Å². The van der Waals surface area contributed by atoms with Gasteiger partial charge in [0.05, 0.1) is 39.2 Å². The van der Waals surface area contributed by atoms with E-state index in [1.165, 1.54) is 173 Å². The Morgan fingerprint density at radius 1 is 0.580 bits per heavy atom. The maximum atomic E-state index is 12.8. The Bertz CT molecular complexity index is 2750. The van der Waals surface area contributed by atoms with Crippen LogP contribution in [0.25, 0.3) is 45.0 Å². The number of hydrogen-bond acceptors (Lipinski definition) is 6. The van der Waals surface area contributed by atoms with Crippen LogP contribution in [-0.2, 0) is 15.6 Å². The quantitative estimate of drug-likeness (QED) is 0.0644. The van der Waals surface area contributed by atoms with Crippen molar-refractivity contribution in [2.75, 3.05) is 0 Å². The number of ether oxygens (including phenoxy) is 1. The van der Waals surface area contributed by atoms with Crippen LogP contribution in [0.4, 0.5) is 0 Å². The van der Waals surface area contributed by atoms with Crippen molar-refractivity contribution in [3.63, 3.8) is 0 Å². The summed E-state index contributed by atoms with van der Waals surface area (Å²) >= 11 is 0. The monoisotopic (exact) mass is 919 g/mol. The predicted molar refractivity (Wildman–Crippen MR) is 280 cm³/mol. The van der Waals surface area contributed by atoms with Gasteiger partial charge in [-0.1, -0.05) is 140 Å². The summed E-state index contributed by atoms with van der Waals surface area (Å²) in [5.41, 5.74) is 16.0. The summed E-state index contributed by atoms with van der Waals surface area (Å²) < 4.78 is 5.49. The molecule has 6 aliphatic rings. The van der Waals surface area contributed by atoms with Crippen molar-refractivity contribution < 1.29 is 9.53 Å². The zero-order valence-electron chi connectivity index (χ0n) is 42.3. The smallest absolute Gasteiger partial charge is 0.339 e. The second-order valence-corrected chi connectivity index (χ2v) is 22.7.